The van der Waals surface area contributed by atoms with Gasteiger partial charge in [0.25, 0.3) is 0 Å². The van der Waals surface area contributed by atoms with Crippen LogP contribution in [-0.4, -0.2) is 49.5 Å². The summed E-state index contributed by atoms with van der Waals surface area (Å²) in [7, 11) is -3.75. The largest absolute Gasteiger partial charge is 0.350 e. The standard InChI is InChI=1S/C31H35Cl4N3O4S/c1-31(2,3)36-30(40)28(18-21-9-6-5-7-10-21)37(20-22-12-14-24(33)26(35)17-22)29(39)11-8-16-38(43(4,41)42)27-19-23(32)13-15-25(27)34/h5-7,9-10,12-15,17,19,28H,8,11,16,18,20H2,1-4H3,(H,36,40). The Morgan fingerprint density at radius 1 is 0.860 bits per heavy atom. The fourth-order valence-corrected chi connectivity index (χ4v) is 6.23. The third-order valence-electron chi connectivity index (χ3n) is 6.44. The molecule has 0 spiro atoms. The number of rotatable bonds is 12. The molecule has 1 atom stereocenters. The van der Waals surface area contributed by atoms with E-state index in [4.69, 9.17) is 46.4 Å². The van der Waals surface area contributed by atoms with Crippen molar-refractivity contribution in [1.29, 1.82) is 0 Å². The molecular weight excluding hydrogens is 652 g/mol. The molecule has 0 bridgehead atoms. The molecule has 1 unspecified atom stereocenters. The van der Waals surface area contributed by atoms with Gasteiger partial charge in [0.05, 0.1) is 27.0 Å². The maximum atomic E-state index is 14.0. The van der Waals surface area contributed by atoms with Crippen LogP contribution in [0, 0.1) is 0 Å². The molecule has 0 aliphatic rings. The van der Waals surface area contributed by atoms with E-state index >= 15 is 0 Å². The molecule has 1 N–H and O–H groups in total. The Hall–Kier alpha value is -2.49. The number of sulfonamides is 1. The Morgan fingerprint density at radius 3 is 2.12 bits per heavy atom. The van der Waals surface area contributed by atoms with Gasteiger partial charge in [0, 0.05) is 36.5 Å². The highest BCUT2D eigenvalue weighted by molar-refractivity contribution is 7.92. The third-order valence-corrected chi connectivity index (χ3v) is 8.91. The number of amides is 2. The molecule has 0 aliphatic carbocycles. The molecule has 3 aromatic rings. The van der Waals surface area contributed by atoms with E-state index in [2.05, 4.69) is 5.32 Å². The zero-order valence-corrected chi connectivity index (χ0v) is 28.3. The van der Waals surface area contributed by atoms with Crippen LogP contribution in [0.4, 0.5) is 5.69 Å². The summed E-state index contributed by atoms with van der Waals surface area (Å²) >= 11 is 24.8. The lowest BCUT2D eigenvalue weighted by Crippen LogP contribution is -2.54. The number of halogens is 4. The van der Waals surface area contributed by atoms with Crippen LogP contribution in [-0.2, 0) is 32.6 Å². The first-order chi connectivity index (χ1) is 20.0. The maximum absolute atomic E-state index is 14.0. The highest BCUT2D eigenvalue weighted by Gasteiger charge is 2.32. The second-order valence-electron chi connectivity index (χ2n) is 11.2. The summed E-state index contributed by atoms with van der Waals surface area (Å²) in [6.07, 6.45) is 1.45. The quantitative estimate of drug-likeness (QED) is 0.215. The lowest BCUT2D eigenvalue weighted by atomic mass is 10.00. The van der Waals surface area contributed by atoms with Crippen molar-refractivity contribution in [1.82, 2.24) is 10.2 Å². The third kappa shape index (κ3) is 10.6. The molecule has 3 aromatic carbocycles. The highest BCUT2D eigenvalue weighted by atomic mass is 35.5. The predicted molar refractivity (Wildman–Crippen MR) is 177 cm³/mol. The minimum Gasteiger partial charge on any atom is -0.350 e. The first-order valence-electron chi connectivity index (χ1n) is 13.6. The van der Waals surface area contributed by atoms with Crippen molar-refractivity contribution in [2.75, 3.05) is 17.1 Å². The number of benzene rings is 3. The minimum absolute atomic E-state index is 0.0250. The summed E-state index contributed by atoms with van der Waals surface area (Å²) in [6.45, 7) is 5.67. The van der Waals surface area contributed by atoms with Crippen LogP contribution in [0.15, 0.2) is 66.7 Å². The van der Waals surface area contributed by atoms with E-state index in [1.54, 1.807) is 24.3 Å². The van der Waals surface area contributed by atoms with Crippen LogP contribution in [0.1, 0.15) is 44.7 Å². The molecule has 0 saturated carbocycles. The summed E-state index contributed by atoms with van der Waals surface area (Å²) in [5.74, 6) is -0.644. The van der Waals surface area contributed by atoms with Gasteiger partial charge >= 0.3 is 0 Å². The van der Waals surface area contributed by atoms with Gasteiger partial charge in [0.1, 0.15) is 6.04 Å². The van der Waals surface area contributed by atoms with Gasteiger partial charge in [-0.1, -0.05) is 82.8 Å². The second-order valence-corrected chi connectivity index (χ2v) is 14.8. The normalized spacial score (nSPS) is 12.5. The van der Waals surface area contributed by atoms with Crippen molar-refractivity contribution in [3.05, 3.63) is 97.9 Å². The lowest BCUT2D eigenvalue weighted by Gasteiger charge is -2.34. The van der Waals surface area contributed by atoms with Gasteiger partial charge in [-0.3, -0.25) is 13.9 Å². The number of hydrogen-bond acceptors (Lipinski definition) is 4. The van der Waals surface area contributed by atoms with Gasteiger partial charge in [-0.15, -0.1) is 0 Å². The lowest BCUT2D eigenvalue weighted by molar-refractivity contribution is -0.142. The SMILES string of the molecule is CC(C)(C)NC(=O)C(Cc1ccccc1)N(Cc1ccc(Cl)c(Cl)c1)C(=O)CCCN(c1cc(Cl)ccc1Cl)S(C)(=O)=O. The predicted octanol–water partition coefficient (Wildman–Crippen LogP) is 7.40. The first-order valence-corrected chi connectivity index (χ1v) is 16.9. The van der Waals surface area contributed by atoms with Crippen LogP contribution in [0.3, 0.4) is 0 Å². The molecular formula is C31H35Cl4N3O4S. The Labute approximate surface area is 274 Å². The molecule has 7 nitrogen and oxygen atoms in total. The van der Waals surface area contributed by atoms with E-state index in [1.165, 1.54) is 17.0 Å². The average molecular weight is 688 g/mol. The molecule has 3 rings (SSSR count). The molecule has 2 amide bonds. The zero-order chi connectivity index (χ0) is 31.9. The zero-order valence-electron chi connectivity index (χ0n) is 24.4. The summed E-state index contributed by atoms with van der Waals surface area (Å²) < 4.78 is 26.5. The Balaban J connectivity index is 1.94. The molecule has 12 heteroatoms. The monoisotopic (exact) mass is 685 g/mol. The number of carbonyl (C=O) groups excluding carboxylic acids is 2. The maximum Gasteiger partial charge on any atom is 0.243 e. The van der Waals surface area contributed by atoms with Crippen LogP contribution >= 0.6 is 46.4 Å². The molecule has 232 valence electrons. The summed E-state index contributed by atoms with van der Waals surface area (Å²) in [6, 6.07) is 18.2. The van der Waals surface area contributed by atoms with E-state index < -0.39 is 21.6 Å². The van der Waals surface area contributed by atoms with Crippen LogP contribution in [0.25, 0.3) is 0 Å². The van der Waals surface area contributed by atoms with Gasteiger partial charge < -0.3 is 10.2 Å². The van der Waals surface area contributed by atoms with Gasteiger partial charge in [-0.05, 0) is 68.7 Å². The van der Waals surface area contributed by atoms with E-state index in [9.17, 15) is 18.0 Å². The molecule has 0 fully saturated rings. The molecule has 0 aromatic heterocycles. The summed E-state index contributed by atoms with van der Waals surface area (Å²) in [4.78, 5) is 29.2. The summed E-state index contributed by atoms with van der Waals surface area (Å²) in [5.41, 5.74) is 1.25. The molecule has 0 aliphatic heterocycles. The van der Waals surface area contributed by atoms with Crippen molar-refractivity contribution < 1.29 is 18.0 Å². The number of nitrogens with zero attached hydrogens (tertiary/aromatic N) is 2. The van der Waals surface area contributed by atoms with Crippen LogP contribution in [0.5, 0.6) is 0 Å². The van der Waals surface area contributed by atoms with E-state index in [0.717, 1.165) is 16.1 Å². The summed E-state index contributed by atoms with van der Waals surface area (Å²) in [5, 5.41) is 4.25. The number of carbonyl (C=O) groups is 2. The average Bonchev–Trinajstić information content (AvgIpc) is 2.91. The number of nitrogens with one attached hydrogen (secondary N) is 1. The van der Waals surface area contributed by atoms with Crippen molar-refractivity contribution in [2.45, 2.75) is 58.2 Å². The van der Waals surface area contributed by atoms with E-state index in [0.29, 0.717) is 20.6 Å². The highest BCUT2D eigenvalue weighted by Crippen LogP contribution is 2.31. The number of hydrogen-bond donors (Lipinski definition) is 1. The Bertz CT molecular complexity index is 1550. The van der Waals surface area contributed by atoms with Gasteiger partial charge in [-0.2, -0.15) is 0 Å². The Morgan fingerprint density at radius 2 is 1.51 bits per heavy atom. The topological polar surface area (TPSA) is 86.8 Å². The molecule has 43 heavy (non-hydrogen) atoms. The van der Waals surface area contributed by atoms with E-state index in [-0.39, 0.29) is 54.9 Å². The van der Waals surface area contributed by atoms with Crippen molar-refractivity contribution in [3.63, 3.8) is 0 Å². The fraction of sp³-hybridized carbons (Fsp3) is 0.355. The smallest absolute Gasteiger partial charge is 0.243 e. The van der Waals surface area contributed by atoms with Gasteiger partial charge in [0.15, 0.2) is 0 Å². The number of anilines is 1. The van der Waals surface area contributed by atoms with Crippen LogP contribution < -0.4 is 9.62 Å². The fourth-order valence-electron chi connectivity index (χ4n) is 4.50. The van der Waals surface area contributed by atoms with Crippen molar-refractivity contribution in [3.8, 4) is 0 Å². The van der Waals surface area contributed by atoms with Crippen molar-refractivity contribution >= 4 is 73.9 Å². The van der Waals surface area contributed by atoms with Crippen molar-refractivity contribution in [2.24, 2.45) is 0 Å². The Kier molecular flexibility index (Phi) is 12.2. The molecule has 0 saturated heterocycles. The van der Waals surface area contributed by atoms with E-state index in [1.807, 2.05) is 51.1 Å². The molecule has 0 radical (unpaired) electrons. The van der Waals surface area contributed by atoms with Crippen LogP contribution in [0.2, 0.25) is 20.1 Å². The first kappa shape index (κ1) is 35.0. The minimum atomic E-state index is -3.75. The second kappa shape index (κ2) is 15.0. The van der Waals surface area contributed by atoms with Gasteiger partial charge in [0.2, 0.25) is 21.8 Å². The molecule has 0 heterocycles. The van der Waals surface area contributed by atoms with Gasteiger partial charge in [-0.25, -0.2) is 8.42 Å².